The minimum atomic E-state index is 0.318. The number of nitroso groups, excluding NO2 is 1. The van der Waals surface area contributed by atoms with Gasteiger partial charge in [0.1, 0.15) is 0 Å². The van der Waals surface area contributed by atoms with E-state index in [1.54, 1.807) is 0 Å². The van der Waals surface area contributed by atoms with Gasteiger partial charge >= 0.3 is 0 Å². The van der Waals surface area contributed by atoms with Crippen molar-refractivity contribution in [3.63, 3.8) is 0 Å². The van der Waals surface area contributed by atoms with Crippen LogP contribution in [-0.2, 0) is 0 Å². The number of hydrogen-bond donors (Lipinski definition) is 1. The topological polar surface area (TPSA) is 58.7 Å². The summed E-state index contributed by atoms with van der Waals surface area (Å²) in [5, 5.41) is 2.85. The summed E-state index contributed by atoms with van der Waals surface area (Å²) in [5.41, 5.74) is 7.40. The smallest absolute Gasteiger partial charge is 0.0986 e. The Morgan fingerprint density at radius 3 is 2.50 bits per heavy atom. The SMILES string of the molecule is CCN(CCN=O)c1ccc(N)cc1. The third kappa shape index (κ3) is 2.73. The number of hydrogen-bond acceptors (Lipinski definition) is 4. The maximum atomic E-state index is 10.0. The molecule has 0 unspecified atom stereocenters. The molecule has 0 fully saturated rings. The van der Waals surface area contributed by atoms with Crippen molar-refractivity contribution < 1.29 is 0 Å². The lowest BCUT2D eigenvalue weighted by atomic mass is 10.2. The molecule has 1 rings (SSSR count). The number of benzene rings is 1. The van der Waals surface area contributed by atoms with Crippen LogP contribution in [0, 0.1) is 4.91 Å². The molecule has 0 heterocycles. The molecule has 14 heavy (non-hydrogen) atoms. The van der Waals surface area contributed by atoms with Gasteiger partial charge in [0.2, 0.25) is 0 Å². The number of nitrogens with zero attached hydrogens (tertiary/aromatic N) is 2. The van der Waals surface area contributed by atoms with Gasteiger partial charge in [-0.25, -0.2) is 0 Å². The zero-order valence-corrected chi connectivity index (χ0v) is 8.31. The van der Waals surface area contributed by atoms with Gasteiger partial charge in [0.15, 0.2) is 0 Å². The van der Waals surface area contributed by atoms with Crippen LogP contribution in [0.5, 0.6) is 0 Å². The molecule has 0 aliphatic rings. The molecule has 0 saturated carbocycles. The largest absolute Gasteiger partial charge is 0.399 e. The number of nitrogen functional groups attached to an aromatic ring is 1. The summed E-state index contributed by atoms with van der Waals surface area (Å²) >= 11 is 0. The van der Waals surface area contributed by atoms with E-state index in [4.69, 9.17) is 5.73 Å². The van der Waals surface area contributed by atoms with Gasteiger partial charge in [-0.05, 0) is 31.2 Å². The summed E-state index contributed by atoms with van der Waals surface area (Å²) in [6.07, 6.45) is 0. The Kier molecular flexibility index (Phi) is 3.91. The quantitative estimate of drug-likeness (QED) is 0.573. The van der Waals surface area contributed by atoms with Gasteiger partial charge in [0.05, 0.1) is 6.54 Å². The van der Waals surface area contributed by atoms with Crippen LogP contribution in [0.3, 0.4) is 0 Å². The Balaban J connectivity index is 2.68. The molecule has 0 saturated heterocycles. The fourth-order valence-corrected chi connectivity index (χ4v) is 1.32. The summed E-state index contributed by atoms with van der Waals surface area (Å²) in [5.74, 6) is 0. The molecule has 0 spiro atoms. The van der Waals surface area contributed by atoms with Crippen LogP contribution in [0.15, 0.2) is 29.4 Å². The van der Waals surface area contributed by atoms with E-state index in [-0.39, 0.29) is 0 Å². The third-order valence-corrected chi connectivity index (χ3v) is 2.10. The molecule has 0 radical (unpaired) electrons. The Morgan fingerprint density at radius 2 is 2.00 bits per heavy atom. The monoisotopic (exact) mass is 193 g/mol. The molecule has 0 aliphatic heterocycles. The van der Waals surface area contributed by atoms with E-state index in [1.165, 1.54) is 0 Å². The zero-order chi connectivity index (χ0) is 10.4. The summed E-state index contributed by atoms with van der Waals surface area (Å²) < 4.78 is 0. The van der Waals surface area contributed by atoms with Gasteiger partial charge < -0.3 is 10.6 Å². The van der Waals surface area contributed by atoms with Crippen molar-refractivity contribution in [3.05, 3.63) is 29.2 Å². The predicted octanol–water partition coefficient (Wildman–Crippen LogP) is 1.86. The van der Waals surface area contributed by atoms with Gasteiger partial charge in [0.25, 0.3) is 0 Å². The average Bonchev–Trinajstić information content (AvgIpc) is 2.21. The lowest BCUT2D eigenvalue weighted by molar-refractivity contribution is 0.815. The standard InChI is InChI=1S/C10H15N3O/c1-2-13(8-7-12-14)10-5-3-9(11)4-6-10/h3-6H,2,7-8,11H2,1H3. The summed E-state index contributed by atoms with van der Waals surface area (Å²) in [7, 11) is 0. The molecule has 0 atom stereocenters. The molecule has 0 bridgehead atoms. The second-order valence-corrected chi connectivity index (χ2v) is 3.02. The Labute approximate surface area is 83.7 Å². The van der Waals surface area contributed by atoms with E-state index < -0.39 is 0 Å². The molecule has 0 aromatic heterocycles. The number of nitrogens with two attached hydrogens (primary N) is 1. The number of anilines is 2. The highest BCUT2D eigenvalue weighted by Gasteiger charge is 2.02. The first-order valence-electron chi connectivity index (χ1n) is 4.67. The van der Waals surface area contributed by atoms with Gasteiger partial charge in [-0.15, -0.1) is 0 Å². The van der Waals surface area contributed by atoms with Gasteiger partial charge in [-0.2, -0.15) is 4.91 Å². The van der Waals surface area contributed by atoms with Crippen LogP contribution >= 0.6 is 0 Å². The number of likely N-dealkylation sites (N-methyl/N-ethyl adjacent to an activating group) is 1. The molecule has 2 N–H and O–H groups in total. The Bertz CT molecular complexity index is 284. The van der Waals surface area contributed by atoms with Crippen molar-refractivity contribution in [1.29, 1.82) is 0 Å². The maximum Gasteiger partial charge on any atom is 0.0986 e. The third-order valence-electron chi connectivity index (χ3n) is 2.10. The van der Waals surface area contributed by atoms with E-state index in [2.05, 4.69) is 10.1 Å². The molecule has 4 heteroatoms. The summed E-state index contributed by atoms with van der Waals surface area (Å²) in [6, 6.07) is 7.60. The van der Waals surface area contributed by atoms with E-state index in [0.717, 1.165) is 17.9 Å². The van der Waals surface area contributed by atoms with Crippen molar-refractivity contribution in [1.82, 2.24) is 0 Å². The first kappa shape index (κ1) is 10.5. The van der Waals surface area contributed by atoms with Crippen LogP contribution in [0.2, 0.25) is 0 Å². The highest BCUT2D eigenvalue weighted by molar-refractivity contribution is 5.52. The molecular weight excluding hydrogens is 178 g/mol. The molecular formula is C10H15N3O. The first-order chi connectivity index (χ1) is 6.77. The van der Waals surface area contributed by atoms with E-state index in [9.17, 15) is 4.91 Å². The van der Waals surface area contributed by atoms with Crippen LogP contribution in [0.4, 0.5) is 11.4 Å². The van der Waals surface area contributed by atoms with Crippen molar-refractivity contribution in [2.24, 2.45) is 5.18 Å². The van der Waals surface area contributed by atoms with E-state index in [1.807, 2.05) is 31.2 Å². The first-order valence-corrected chi connectivity index (χ1v) is 4.67. The van der Waals surface area contributed by atoms with Crippen molar-refractivity contribution in [2.45, 2.75) is 6.92 Å². The molecule has 1 aromatic carbocycles. The van der Waals surface area contributed by atoms with Gasteiger partial charge in [-0.3, -0.25) is 0 Å². The second kappa shape index (κ2) is 5.21. The zero-order valence-electron chi connectivity index (χ0n) is 8.31. The predicted molar refractivity (Wildman–Crippen MR) is 59.4 cm³/mol. The molecule has 0 aliphatic carbocycles. The number of rotatable bonds is 5. The van der Waals surface area contributed by atoms with E-state index in [0.29, 0.717) is 13.1 Å². The normalized spacial score (nSPS) is 9.79. The molecule has 4 nitrogen and oxygen atoms in total. The minimum absolute atomic E-state index is 0.318. The van der Waals surface area contributed by atoms with Gasteiger partial charge in [0, 0.05) is 24.5 Å². The second-order valence-electron chi connectivity index (χ2n) is 3.02. The Hall–Kier alpha value is -1.58. The lowest BCUT2D eigenvalue weighted by Gasteiger charge is -2.21. The van der Waals surface area contributed by atoms with Crippen LogP contribution in [0.25, 0.3) is 0 Å². The highest BCUT2D eigenvalue weighted by atomic mass is 16.3. The van der Waals surface area contributed by atoms with E-state index >= 15 is 0 Å². The summed E-state index contributed by atoms with van der Waals surface area (Å²) in [4.78, 5) is 12.1. The van der Waals surface area contributed by atoms with Crippen LogP contribution in [-0.4, -0.2) is 19.6 Å². The van der Waals surface area contributed by atoms with Crippen LogP contribution in [0.1, 0.15) is 6.92 Å². The molecule has 0 amide bonds. The van der Waals surface area contributed by atoms with Gasteiger partial charge in [-0.1, -0.05) is 5.18 Å². The Morgan fingerprint density at radius 1 is 1.36 bits per heavy atom. The summed E-state index contributed by atoms with van der Waals surface area (Å²) in [6.45, 7) is 3.88. The molecule has 1 aromatic rings. The highest BCUT2D eigenvalue weighted by Crippen LogP contribution is 2.15. The lowest BCUT2D eigenvalue weighted by Crippen LogP contribution is -2.25. The van der Waals surface area contributed by atoms with Crippen molar-refractivity contribution >= 4 is 11.4 Å². The van der Waals surface area contributed by atoms with Crippen molar-refractivity contribution in [3.8, 4) is 0 Å². The maximum absolute atomic E-state index is 10.0. The fourth-order valence-electron chi connectivity index (χ4n) is 1.32. The fraction of sp³-hybridized carbons (Fsp3) is 0.400. The van der Waals surface area contributed by atoms with Crippen molar-refractivity contribution in [2.75, 3.05) is 30.3 Å². The average molecular weight is 193 g/mol. The molecule has 76 valence electrons. The van der Waals surface area contributed by atoms with Crippen LogP contribution < -0.4 is 10.6 Å². The minimum Gasteiger partial charge on any atom is -0.399 e.